The van der Waals surface area contributed by atoms with Crippen LogP contribution in [0.3, 0.4) is 0 Å². The van der Waals surface area contributed by atoms with Gasteiger partial charge in [-0.1, -0.05) is 115 Å². The molecule has 0 aliphatic carbocycles. The monoisotopic (exact) mass is 446 g/mol. The second-order valence-electron chi connectivity index (χ2n) is 7.04. The van der Waals surface area contributed by atoms with Crippen LogP contribution in [0.5, 0.6) is 0 Å². The van der Waals surface area contributed by atoms with Gasteiger partial charge in [-0.3, -0.25) is 0 Å². The van der Waals surface area contributed by atoms with Crippen LogP contribution in [0.2, 0.25) is 5.02 Å². The zero-order chi connectivity index (χ0) is 20.7. The summed E-state index contributed by atoms with van der Waals surface area (Å²) in [6.45, 7) is 0. The van der Waals surface area contributed by atoms with E-state index < -0.39 is 0 Å². The number of hydrogen-bond donors (Lipinski definition) is 0. The Balaban J connectivity index is 1.75. The Morgan fingerprint density at radius 1 is 0.500 bits per heavy atom. The number of hydrogen-bond acceptors (Lipinski definition) is 2. The highest BCUT2D eigenvalue weighted by molar-refractivity contribution is 8.17. The maximum Gasteiger partial charge on any atom is 0.112 e. The van der Waals surface area contributed by atoms with E-state index in [1.54, 1.807) is 0 Å². The predicted molar refractivity (Wildman–Crippen MR) is 134 cm³/mol. The van der Waals surface area contributed by atoms with Crippen LogP contribution in [0.15, 0.2) is 115 Å². The zero-order valence-electron chi connectivity index (χ0n) is 16.6. The SMILES string of the molecule is Clc1ccc(C(SCc2ccccc2)(SCc2ccccc2)c2ccccc2)cc1. The van der Waals surface area contributed by atoms with Crippen LogP contribution in [0.1, 0.15) is 22.3 Å². The number of benzene rings is 4. The van der Waals surface area contributed by atoms with E-state index in [1.165, 1.54) is 22.3 Å². The van der Waals surface area contributed by atoms with Crippen LogP contribution in [-0.2, 0) is 15.6 Å². The number of halogens is 1. The van der Waals surface area contributed by atoms with E-state index in [2.05, 4.69) is 103 Å². The summed E-state index contributed by atoms with van der Waals surface area (Å²) < 4.78 is -0.239. The highest BCUT2D eigenvalue weighted by Gasteiger charge is 2.35. The van der Waals surface area contributed by atoms with Crippen molar-refractivity contribution >= 4 is 35.1 Å². The van der Waals surface area contributed by atoms with Crippen molar-refractivity contribution in [3.63, 3.8) is 0 Å². The van der Waals surface area contributed by atoms with Gasteiger partial charge < -0.3 is 0 Å². The number of thioether (sulfide) groups is 2. The molecule has 0 aliphatic rings. The summed E-state index contributed by atoms with van der Waals surface area (Å²) >= 11 is 10.2. The van der Waals surface area contributed by atoms with Gasteiger partial charge >= 0.3 is 0 Å². The van der Waals surface area contributed by atoms with Gasteiger partial charge in [-0.25, -0.2) is 0 Å². The molecule has 0 aromatic heterocycles. The minimum absolute atomic E-state index is 0.239. The lowest BCUT2D eigenvalue weighted by Gasteiger charge is -2.34. The van der Waals surface area contributed by atoms with Gasteiger partial charge in [0, 0.05) is 16.5 Å². The Morgan fingerprint density at radius 3 is 1.37 bits per heavy atom. The third-order valence-corrected chi connectivity index (χ3v) is 8.62. The smallest absolute Gasteiger partial charge is 0.112 e. The number of rotatable bonds is 8. The van der Waals surface area contributed by atoms with Crippen LogP contribution < -0.4 is 0 Å². The molecule has 0 N–H and O–H groups in total. The topological polar surface area (TPSA) is 0 Å². The average Bonchev–Trinajstić information content (AvgIpc) is 2.82. The Bertz CT molecular complexity index is 989. The Kier molecular flexibility index (Phi) is 7.22. The standard InChI is InChI=1S/C27H23ClS2/c28-26-18-16-25(17-19-26)27(24-14-8-3-9-15-24,29-20-22-10-4-1-5-11-22)30-21-23-12-6-2-7-13-23/h1-19H,20-21H2. The minimum Gasteiger partial charge on any atom is -0.130 e. The molecule has 0 heterocycles. The molecule has 0 aliphatic heterocycles. The molecule has 0 saturated heterocycles. The van der Waals surface area contributed by atoms with Crippen molar-refractivity contribution in [3.8, 4) is 0 Å². The van der Waals surface area contributed by atoms with Crippen molar-refractivity contribution in [1.82, 2.24) is 0 Å². The van der Waals surface area contributed by atoms with E-state index in [0.717, 1.165) is 16.5 Å². The van der Waals surface area contributed by atoms with Crippen LogP contribution >= 0.6 is 35.1 Å². The van der Waals surface area contributed by atoms with Crippen LogP contribution in [0.4, 0.5) is 0 Å². The first-order valence-electron chi connectivity index (χ1n) is 9.94. The fraction of sp³-hybridized carbons (Fsp3) is 0.111. The first-order chi connectivity index (χ1) is 14.8. The van der Waals surface area contributed by atoms with Crippen molar-refractivity contribution in [3.05, 3.63) is 143 Å². The van der Waals surface area contributed by atoms with Crippen molar-refractivity contribution < 1.29 is 0 Å². The molecular weight excluding hydrogens is 424 g/mol. The third kappa shape index (κ3) is 5.13. The van der Waals surface area contributed by atoms with Gasteiger partial charge in [0.2, 0.25) is 0 Å². The minimum atomic E-state index is -0.239. The largest absolute Gasteiger partial charge is 0.130 e. The molecular formula is C27H23ClS2. The van der Waals surface area contributed by atoms with Crippen molar-refractivity contribution in [2.45, 2.75) is 15.6 Å². The molecule has 0 saturated carbocycles. The summed E-state index contributed by atoms with van der Waals surface area (Å²) in [6, 6.07) is 40.6. The van der Waals surface area contributed by atoms with Gasteiger partial charge in [0.1, 0.15) is 4.08 Å². The van der Waals surface area contributed by atoms with Gasteiger partial charge in [-0.2, -0.15) is 0 Å². The molecule has 150 valence electrons. The third-order valence-electron chi connectivity index (χ3n) is 4.95. The Morgan fingerprint density at radius 2 is 0.900 bits per heavy atom. The normalized spacial score (nSPS) is 11.4. The van der Waals surface area contributed by atoms with E-state index in [0.29, 0.717) is 0 Å². The molecule has 0 radical (unpaired) electrons. The van der Waals surface area contributed by atoms with Gasteiger partial charge in [-0.05, 0) is 34.4 Å². The Labute approximate surface area is 192 Å². The molecule has 0 fully saturated rings. The summed E-state index contributed by atoms with van der Waals surface area (Å²) in [5.41, 5.74) is 5.23. The molecule has 4 rings (SSSR count). The molecule has 0 unspecified atom stereocenters. The summed E-state index contributed by atoms with van der Waals surface area (Å²) in [5.74, 6) is 1.86. The van der Waals surface area contributed by atoms with Gasteiger partial charge in [0.05, 0.1) is 0 Å². The second-order valence-corrected chi connectivity index (χ2v) is 10.1. The lowest BCUT2D eigenvalue weighted by atomic mass is 10.0. The molecule has 0 nitrogen and oxygen atoms in total. The highest BCUT2D eigenvalue weighted by atomic mass is 35.5. The molecule has 30 heavy (non-hydrogen) atoms. The summed E-state index contributed by atoms with van der Waals surface area (Å²) in [5, 5.41) is 0.766. The van der Waals surface area contributed by atoms with Crippen molar-refractivity contribution in [2.75, 3.05) is 0 Å². The van der Waals surface area contributed by atoms with Crippen LogP contribution in [0.25, 0.3) is 0 Å². The zero-order valence-corrected chi connectivity index (χ0v) is 19.0. The molecule has 0 spiro atoms. The maximum absolute atomic E-state index is 6.24. The maximum atomic E-state index is 6.24. The summed E-state index contributed by atoms with van der Waals surface area (Å²) in [4.78, 5) is 0. The predicted octanol–water partition coefficient (Wildman–Crippen LogP) is 8.41. The van der Waals surface area contributed by atoms with E-state index in [1.807, 2.05) is 35.7 Å². The van der Waals surface area contributed by atoms with Crippen molar-refractivity contribution in [2.24, 2.45) is 0 Å². The average molecular weight is 447 g/mol. The van der Waals surface area contributed by atoms with Gasteiger partial charge in [0.25, 0.3) is 0 Å². The Hall–Kier alpha value is -2.13. The fourth-order valence-corrected chi connectivity index (χ4v) is 6.54. The molecule has 4 aromatic carbocycles. The molecule has 3 heteroatoms. The lowest BCUT2D eigenvalue weighted by molar-refractivity contribution is 1.06. The summed E-state index contributed by atoms with van der Waals surface area (Å²) in [7, 11) is 0. The second kappa shape index (κ2) is 10.3. The molecule has 0 bridgehead atoms. The lowest BCUT2D eigenvalue weighted by Crippen LogP contribution is -2.20. The molecule has 4 aromatic rings. The summed E-state index contributed by atoms with van der Waals surface area (Å²) in [6.07, 6.45) is 0. The fourth-order valence-electron chi connectivity index (χ4n) is 3.39. The molecule has 0 atom stereocenters. The first kappa shape index (κ1) is 21.1. The van der Waals surface area contributed by atoms with Crippen LogP contribution in [0, 0.1) is 0 Å². The molecule has 0 amide bonds. The van der Waals surface area contributed by atoms with Gasteiger partial charge in [0.15, 0.2) is 0 Å². The van der Waals surface area contributed by atoms with E-state index >= 15 is 0 Å². The van der Waals surface area contributed by atoms with Crippen LogP contribution in [-0.4, -0.2) is 0 Å². The highest BCUT2D eigenvalue weighted by Crippen LogP contribution is 2.54. The van der Waals surface area contributed by atoms with E-state index in [4.69, 9.17) is 11.6 Å². The van der Waals surface area contributed by atoms with E-state index in [9.17, 15) is 0 Å². The quantitative estimate of drug-likeness (QED) is 0.249. The van der Waals surface area contributed by atoms with Crippen molar-refractivity contribution in [1.29, 1.82) is 0 Å². The first-order valence-corrected chi connectivity index (χ1v) is 12.3. The van der Waals surface area contributed by atoms with E-state index in [-0.39, 0.29) is 4.08 Å². The van der Waals surface area contributed by atoms with Gasteiger partial charge in [-0.15, -0.1) is 23.5 Å².